The van der Waals surface area contributed by atoms with Gasteiger partial charge in [-0.05, 0) is 128 Å². The number of esters is 2. The second-order valence-electron chi connectivity index (χ2n) is 18.1. The van der Waals surface area contributed by atoms with Crippen LogP contribution in [0.4, 0.5) is 0 Å². The lowest BCUT2D eigenvalue weighted by Crippen LogP contribution is -2.30. The third-order valence-corrected chi connectivity index (χ3v) is 11.2. The van der Waals surface area contributed by atoms with E-state index in [1.165, 1.54) is 70.6 Å². The zero-order chi connectivity index (χ0) is 52.0. The van der Waals surface area contributed by atoms with Gasteiger partial charge in [0.2, 0.25) is 0 Å². The molecule has 0 saturated carbocycles. The summed E-state index contributed by atoms with van der Waals surface area (Å²) >= 11 is 0. The van der Waals surface area contributed by atoms with Crippen LogP contribution in [-0.2, 0) is 23.8 Å². The Bertz CT molecular complexity index is 1640. The van der Waals surface area contributed by atoms with Crippen LogP contribution in [0.3, 0.4) is 0 Å². The van der Waals surface area contributed by atoms with Gasteiger partial charge in [0.15, 0.2) is 6.10 Å². The molecule has 0 aromatic carbocycles. The summed E-state index contributed by atoms with van der Waals surface area (Å²) in [5, 5.41) is 0. The Kier molecular flexibility index (Phi) is 56.6. The second kappa shape index (κ2) is 60.6. The first kappa shape index (κ1) is 67.3. The lowest BCUT2D eigenvalue weighted by Gasteiger charge is -2.18. The molecule has 5 nitrogen and oxygen atoms in total. The number of unbranched alkanes of at least 4 members (excludes halogenated alkanes) is 11. The molecule has 0 bridgehead atoms. The molecular weight excluding hydrogens is 885 g/mol. The third kappa shape index (κ3) is 57.8. The van der Waals surface area contributed by atoms with Gasteiger partial charge in [0.1, 0.15) is 6.61 Å². The monoisotopic (exact) mass is 989 g/mol. The first-order valence-corrected chi connectivity index (χ1v) is 28.7. The van der Waals surface area contributed by atoms with E-state index in [0.717, 1.165) is 96.3 Å². The zero-order valence-corrected chi connectivity index (χ0v) is 46.1. The summed E-state index contributed by atoms with van der Waals surface area (Å²) in [5.41, 5.74) is 0. The molecule has 1 atom stereocenters. The Morgan fingerprint density at radius 3 is 1.00 bits per heavy atom. The highest BCUT2D eigenvalue weighted by Gasteiger charge is 2.17. The Balaban J connectivity index is 4.56. The lowest BCUT2D eigenvalue weighted by molar-refractivity contribution is -0.162. The molecule has 0 radical (unpaired) electrons. The van der Waals surface area contributed by atoms with Crippen molar-refractivity contribution in [2.75, 3.05) is 19.8 Å². The summed E-state index contributed by atoms with van der Waals surface area (Å²) in [6.45, 7) is 7.38. The largest absolute Gasteiger partial charge is 0.462 e. The number of rotatable bonds is 50. The van der Waals surface area contributed by atoms with E-state index in [-0.39, 0.29) is 38.0 Å². The number of ether oxygens (including phenoxy) is 3. The van der Waals surface area contributed by atoms with Gasteiger partial charge in [-0.2, -0.15) is 0 Å². The summed E-state index contributed by atoms with van der Waals surface area (Å²) in [6.07, 6.45) is 91.1. The molecule has 0 spiro atoms. The predicted molar refractivity (Wildman–Crippen MR) is 315 cm³/mol. The van der Waals surface area contributed by atoms with Gasteiger partial charge in [0.05, 0.1) is 6.61 Å². The molecule has 72 heavy (non-hydrogen) atoms. The van der Waals surface area contributed by atoms with Crippen LogP contribution in [0, 0.1) is 0 Å². The van der Waals surface area contributed by atoms with Gasteiger partial charge in [-0.25, -0.2) is 0 Å². The van der Waals surface area contributed by atoms with Crippen LogP contribution in [0.2, 0.25) is 0 Å². The average Bonchev–Trinajstić information content (AvgIpc) is 3.38. The maximum atomic E-state index is 12.8. The Morgan fingerprint density at radius 1 is 0.319 bits per heavy atom. The lowest BCUT2D eigenvalue weighted by atomic mass is 10.1. The van der Waals surface area contributed by atoms with E-state index in [1.54, 1.807) is 0 Å². The molecule has 0 amide bonds. The van der Waals surface area contributed by atoms with Gasteiger partial charge >= 0.3 is 11.9 Å². The van der Waals surface area contributed by atoms with Crippen molar-refractivity contribution in [3.8, 4) is 0 Å². The molecule has 5 heteroatoms. The van der Waals surface area contributed by atoms with Crippen LogP contribution in [0.5, 0.6) is 0 Å². The van der Waals surface area contributed by atoms with Gasteiger partial charge < -0.3 is 14.2 Å². The van der Waals surface area contributed by atoms with Crippen molar-refractivity contribution in [2.24, 2.45) is 0 Å². The highest BCUT2D eigenvalue weighted by Crippen LogP contribution is 2.12. The van der Waals surface area contributed by atoms with Crippen LogP contribution in [0.25, 0.3) is 0 Å². The number of hydrogen-bond donors (Lipinski definition) is 0. The van der Waals surface area contributed by atoms with E-state index < -0.39 is 6.10 Å². The Hall–Kier alpha value is -4.74. The van der Waals surface area contributed by atoms with Gasteiger partial charge in [0.25, 0.3) is 0 Å². The maximum Gasteiger partial charge on any atom is 0.306 e. The molecule has 0 aliphatic carbocycles. The van der Waals surface area contributed by atoms with Crippen LogP contribution in [-0.4, -0.2) is 37.9 Å². The fraction of sp³-hybridized carbons (Fsp3) is 0.552. The van der Waals surface area contributed by atoms with Crippen LogP contribution in [0.15, 0.2) is 170 Å². The molecule has 402 valence electrons. The fourth-order valence-corrected chi connectivity index (χ4v) is 7.06. The predicted octanol–water partition coefficient (Wildman–Crippen LogP) is 20.0. The summed E-state index contributed by atoms with van der Waals surface area (Å²) in [5.74, 6) is -0.607. The molecule has 0 aliphatic rings. The standard InChI is InChI=1S/C67H104O5/c1-4-7-10-13-16-19-22-25-28-31-34-36-39-42-45-48-51-54-57-60-66(68)71-64-65(63-70-62-59-56-53-50-47-44-41-38-33-30-27-24-21-18-15-12-9-6-3)72-67(69)61-58-55-52-49-46-43-40-37-35-32-29-26-23-20-17-14-11-8-5-2/h7-8,10-11,16-21,25-30,34-37,42-43,45-46,51-52,54-55,65H,4-6,9,12-15,22-24,31-33,38-41,44,47-50,53,56-64H2,1-3H3/b10-7-,11-8-,19-16-,20-17-,21-18-,28-25-,29-26-,30-27-,36-34-,37-35-,45-42-,46-43-,54-51-,55-52-. The smallest absolute Gasteiger partial charge is 0.306 e. The minimum absolute atomic E-state index is 0.000198. The third-order valence-electron chi connectivity index (χ3n) is 11.2. The number of carbonyl (C=O) groups excluding carboxylic acids is 2. The first-order chi connectivity index (χ1) is 35.6. The van der Waals surface area contributed by atoms with E-state index >= 15 is 0 Å². The van der Waals surface area contributed by atoms with Crippen LogP contribution >= 0.6 is 0 Å². The number of carbonyl (C=O) groups is 2. The van der Waals surface area contributed by atoms with Gasteiger partial charge in [0, 0.05) is 19.4 Å². The highest BCUT2D eigenvalue weighted by molar-refractivity contribution is 5.70. The summed E-state index contributed by atoms with van der Waals surface area (Å²) in [4.78, 5) is 25.5. The molecule has 0 N–H and O–H groups in total. The van der Waals surface area contributed by atoms with Crippen molar-refractivity contribution >= 4 is 11.9 Å². The summed E-state index contributed by atoms with van der Waals surface area (Å²) in [6, 6.07) is 0. The van der Waals surface area contributed by atoms with Gasteiger partial charge in [-0.15, -0.1) is 0 Å². The quantitative estimate of drug-likeness (QED) is 0.0345. The van der Waals surface area contributed by atoms with Crippen molar-refractivity contribution in [3.63, 3.8) is 0 Å². The molecule has 0 rings (SSSR count). The van der Waals surface area contributed by atoms with E-state index in [0.29, 0.717) is 19.4 Å². The van der Waals surface area contributed by atoms with Crippen molar-refractivity contribution in [2.45, 2.75) is 219 Å². The van der Waals surface area contributed by atoms with Crippen molar-refractivity contribution in [1.29, 1.82) is 0 Å². The van der Waals surface area contributed by atoms with Crippen LogP contribution < -0.4 is 0 Å². The fourth-order valence-electron chi connectivity index (χ4n) is 7.06. The first-order valence-electron chi connectivity index (χ1n) is 28.7. The Morgan fingerprint density at radius 2 is 0.625 bits per heavy atom. The average molecular weight is 990 g/mol. The normalized spacial score (nSPS) is 13.5. The van der Waals surface area contributed by atoms with E-state index in [1.807, 2.05) is 12.2 Å². The minimum Gasteiger partial charge on any atom is -0.462 e. The SMILES string of the molecule is CC/C=C\C/C=C\C/C=C\C/C=C\C/C=C\C/C=C\CCC(=O)OCC(COCCCCCCCCCC/C=C\C/C=C\CCCCC)OC(=O)CC/C=C\C/C=C\C/C=C\C/C=C\C/C=C\C/C=C\CC. The zero-order valence-electron chi connectivity index (χ0n) is 46.1. The maximum absolute atomic E-state index is 12.8. The van der Waals surface area contributed by atoms with E-state index in [9.17, 15) is 9.59 Å². The number of allylic oxidation sites excluding steroid dienone is 28. The summed E-state index contributed by atoms with van der Waals surface area (Å²) in [7, 11) is 0. The van der Waals surface area contributed by atoms with Crippen molar-refractivity contribution < 1.29 is 23.8 Å². The van der Waals surface area contributed by atoms with Crippen LogP contribution in [0.1, 0.15) is 213 Å². The molecule has 0 aliphatic heterocycles. The molecule has 1 unspecified atom stereocenters. The molecule has 0 heterocycles. The van der Waals surface area contributed by atoms with E-state index in [4.69, 9.17) is 14.2 Å². The van der Waals surface area contributed by atoms with Gasteiger partial charge in [-0.1, -0.05) is 242 Å². The topological polar surface area (TPSA) is 61.8 Å². The van der Waals surface area contributed by atoms with Crippen molar-refractivity contribution in [1.82, 2.24) is 0 Å². The minimum atomic E-state index is -0.626. The van der Waals surface area contributed by atoms with Gasteiger partial charge in [-0.3, -0.25) is 9.59 Å². The summed E-state index contributed by atoms with van der Waals surface area (Å²) < 4.78 is 17.3. The molecule has 0 fully saturated rings. The highest BCUT2D eigenvalue weighted by atomic mass is 16.6. The van der Waals surface area contributed by atoms with Crippen molar-refractivity contribution in [3.05, 3.63) is 170 Å². The second-order valence-corrected chi connectivity index (χ2v) is 18.1. The molecular formula is C67H104O5. The molecule has 0 aromatic rings. The van der Waals surface area contributed by atoms with E-state index in [2.05, 4.69) is 179 Å². The number of hydrogen-bond acceptors (Lipinski definition) is 5. The molecule has 0 saturated heterocycles. The Labute approximate surface area is 443 Å². The molecule has 0 aromatic heterocycles.